The van der Waals surface area contributed by atoms with E-state index in [1.165, 1.54) is 34.2 Å². The Kier molecular flexibility index (Phi) is 12.6. The number of likely N-dealkylation sites (N-methyl/N-ethyl adjacent to an activating group) is 1. The van der Waals surface area contributed by atoms with Gasteiger partial charge in [0.15, 0.2) is 0 Å². The minimum absolute atomic E-state index is 0.274. The Hall–Kier alpha value is -4.19. The number of aryl methyl sites for hydroxylation is 3. The topological polar surface area (TPSA) is 37.8 Å². The fraction of sp³-hybridized carbons (Fsp3) is 0.357. The summed E-state index contributed by atoms with van der Waals surface area (Å²) >= 11 is 0. The van der Waals surface area contributed by atoms with Crippen LogP contribution in [-0.2, 0) is 11.3 Å². The fourth-order valence-electron chi connectivity index (χ4n) is 6.50. The third kappa shape index (κ3) is 8.59. The van der Waals surface area contributed by atoms with E-state index in [1.807, 2.05) is 6.08 Å². The van der Waals surface area contributed by atoms with Crippen LogP contribution in [0, 0.1) is 20.8 Å². The van der Waals surface area contributed by atoms with Crippen molar-refractivity contribution in [3.63, 3.8) is 0 Å². The van der Waals surface area contributed by atoms with Gasteiger partial charge in [-0.15, -0.1) is 6.58 Å². The van der Waals surface area contributed by atoms with Crippen LogP contribution in [0.1, 0.15) is 59.2 Å². The Morgan fingerprint density at radius 3 is 2.13 bits per heavy atom. The molecule has 1 aliphatic rings. The smallest absolute Gasteiger partial charge is 0.128 e. The maximum absolute atomic E-state index is 5.95. The maximum atomic E-state index is 5.95. The van der Waals surface area contributed by atoms with Crippen LogP contribution in [0.25, 0.3) is 28.3 Å². The van der Waals surface area contributed by atoms with Crippen molar-refractivity contribution in [1.29, 1.82) is 0 Å². The molecular weight excluding hydrogens is 578 g/mol. The summed E-state index contributed by atoms with van der Waals surface area (Å²) in [5, 5.41) is 0. The lowest BCUT2D eigenvalue weighted by molar-refractivity contribution is 0.215. The number of pyridine rings is 1. The van der Waals surface area contributed by atoms with Gasteiger partial charge in [-0.05, 0) is 99.7 Å². The zero-order valence-electron chi connectivity index (χ0n) is 29.8. The highest BCUT2D eigenvalue weighted by atomic mass is 16.5. The number of nitrogens with zero attached hydrogens (tertiary/aromatic N) is 3. The molecule has 5 heteroatoms. The monoisotopic (exact) mass is 631 g/mol. The number of hydrogen-bond acceptors (Lipinski definition) is 5. The molecule has 4 aromatic rings. The first-order valence-corrected chi connectivity index (χ1v) is 16.6. The molecule has 3 aromatic carbocycles. The van der Waals surface area contributed by atoms with Crippen molar-refractivity contribution >= 4 is 11.9 Å². The number of methoxy groups -OCH3 is 2. The first-order chi connectivity index (χ1) is 22.6. The number of allylic oxidation sites excluding steroid dienone is 1. The summed E-state index contributed by atoms with van der Waals surface area (Å²) in [4.78, 5) is 10.1. The van der Waals surface area contributed by atoms with E-state index in [-0.39, 0.29) is 6.04 Å². The molecule has 2 unspecified atom stereocenters. The average Bonchev–Trinajstić information content (AvgIpc) is 3.02. The maximum Gasteiger partial charge on any atom is 0.128 e. The van der Waals surface area contributed by atoms with Gasteiger partial charge in [0.05, 0.1) is 12.8 Å². The molecule has 0 aliphatic carbocycles. The second-order valence-electron chi connectivity index (χ2n) is 12.8. The van der Waals surface area contributed by atoms with Crippen LogP contribution in [0.3, 0.4) is 0 Å². The van der Waals surface area contributed by atoms with Gasteiger partial charge in [0.2, 0.25) is 0 Å². The van der Waals surface area contributed by atoms with E-state index < -0.39 is 0 Å². The van der Waals surface area contributed by atoms with Gasteiger partial charge in [0.25, 0.3) is 0 Å². The molecule has 0 saturated carbocycles. The number of ether oxygens (including phenoxy) is 2. The number of anilines is 1. The molecule has 1 aromatic heterocycles. The number of aromatic nitrogens is 1. The standard InChI is InChI=1S/C40H47N3O.C2H6O/c1-9-12-35(33-22-27(3)21-28(4)23-33)30(6)42(7)26-38-36(16-18-40(41-38)43-19-11-20-43)37-25-32(14-17-39(37)44-8)34-15-13-31(10-2)24-29(34)5;1-3-2/h9-10,13-18,21-25,30,35H,1-2,11-12,19-20,26H2,3-8H3;1-2H3. The molecule has 0 radical (unpaired) electrons. The molecule has 5 rings (SSSR count). The van der Waals surface area contributed by atoms with E-state index in [4.69, 9.17) is 9.72 Å². The van der Waals surface area contributed by atoms with Crippen LogP contribution in [0.4, 0.5) is 5.82 Å². The average molecular weight is 632 g/mol. The molecule has 0 spiro atoms. The van der Waals surface area contributed by atoms with Crippen molar-refractivity contribution in [2.24, 2.45) is 0 Å². The molecule has 0 bridgehead atoms. The highest BCUT2D eigenvalue weighted by Gasteiger charge is 2.25. The van der Waals surface area contributed by atoms with Crippen LogP contribution < -0.4 is 9.64 Å². The lowest BCUT2D eigenvalue weighted by Crippen LogP contribution is -2.38. The van der Waals surface area contributed by atoms with Gasteiger partial charge >= 0.3 is 0 Å². The van der Waals surface area contributed by atoms with Crippen molar-refractivity contribution in [2.75, 3.05) is 46.4 Å². The summed E-state index contributed by atoms with van der Waals surface area (Å²) in [6.45, 7) is 19.8. The molecule has 1 aliphatic heterocycles. The Morgan fingerprint density at radius 2 is 1.55 bits per heavy atom. The van der Waals surface area contributed by atoms with Gasteiger partial charge in [-0.25, -0.2) is 4.98 Å². The van der Waals surface area contributed by atoms with Crippen molar-refractivity contribution in [2.45, 2.75) is 59.0 Å². The Bertz CT molecular complexity index is 1650. The molecular formula is C42H53N3O2. The lowest BCUT2D eigenvalue weighted by Gasteiger charge is -2.34. The summed E-state index contributed by atoms with van der Waals surface area (Å²) in [5.74, 6) is 2.24. The number of hydrogen-bond donors (Lipinski definition) is 0. The minimum atomic E-state index is 0.274. The SMILES string of the molecule is C=CCC(c1cc(C)cc(C)c1)C(C)N(C)Cc1nc(N2CCC2)ccc1-c1cc(-c2ccc(C=C)cc2C)ccc1OC.COC. The third-order valence-corrected chi connectivity index (χ3v) is 9.20. The van der Waals surface area contributed by atoms with Gasteiger partial charge in [-0.3, -0.25) is 4.90 Å². The van der Waals surface area contributed by atoms with Crippen LogP contribution in [0.5, 0.6) is 5.75 Å². The molecule has 2 heterocycles. The third-order valence-electron chi connectivity index (χ3n) is 9.20. The lowest BCUT2D eigenvalue weighted by atomic mass is 9.86. The van der Waals surface area contributed by atoms with Gasteiger partial charge in [0.1, 0.15) is 11.6 Å². The van der Waals surface area contributed by atoms with Crippen molar-refractivity contribution in [1.82, 2.24) is 9.88 Å². The normalized spacial score (nSPS) is 13.7. The Labute approximate surface area is 283 Å². The first-order valence-electron chi connectivity index (χ1n) is 16.6. The van der Waals surface area contributed by atoms with Gasteiger partial charge in [-0.2, -0.15) is 0 Å². The van der Waals surface area contributed by atoms with Crippen molar-refractivity contribution in [3.05, 3.63) is 119 Å². The van der Waals surface area contributed by atoms with E-state index in [0.29, 0.717) is 5.92 Å². The van der Waals surface area contributed by atoms with Gasteiger partial charge in [-0.1, -0.05) is 72.3 Å². The molecule has 1 fully saturated rings. The van der Waals surface area contributed by atoms with Gasteiger partial charge < -0.3 is 14.4 Å². The summed E-state index contributed by atoms with van der Waals surface area (Å²) in [7, 11) is 7.23. The summed E-state index contributed by atoms with van der Waals surface area (Å²) in [6.07, 6.45) is 6.09. The molecule has 5 nitrogen and oxygen atoms in total. The molecule has 1 saturated heterocycles. The summed E-state index contributed by atoms with van der Waals surface area (Å²) < 4.78 is 10.2. The second-order valence-corrected chi connectivity index (χ2v) is 12.8. The highest BCUT2D eigenvalue weighted by Crippen LogP contribution is 2.39. The molecule has 248 valence electrons. The highest BCUT2D eigenvalue weighted by molar-refractivity contribution is 5.81. The van der Waals surface area contributed by atoms with Crippen LogP contribution in [0.15, 0.2) is 86.0 Å². The zero-order valence-corrected chi connectivity index (χ0v) is 29.8. The summed E-state index contributed by atoms with van der Waals surface area (Å²) in [5.41, 5.74) is 11.9. The van der Waals surface area contributed by atoms with Crippen molar-refractivity contribution < 1.29 is 9.47 Å². The van der Waals surface area contributed by atoms with E-state index in [1.54, 1.807) is 21.3 Å². The predicted octanol–water partition coefficient (Wildman–Crippen LogP) is 9.65. The fourth-order valence-corrected chi connectivity index (χ4v) is 6.50. The Balaban J connectivity index is 0.00000160. The minimum Gasteiger partial charge on any atom is -0.496 e. The molecule has 2 atom stereocenters. The zero-order chi connectivity index (χ0) is 34.1. The predicted molar refractivity (Wildman–Crippen MR) is 201 cm³/mol. The molecule has 0 N–H and O–H groups in total. The number of benzene rings is 3. The largest absolute Gasteiger partial charge is 0.496 e. The van der Waals surface area contributed by atoms with Crippen molar-refractivity contribution in [3.8, 4) is 28.0 Å². The van der Waals surface area contributed by atoms with E-state index in [2.05, 4.69) is 135 Å². The van der Waals surface area contributed by atoms with E-state index in [0.717, 1.165) is 65.6 Å². The summed E-state index contributed by atoms with van der Waals surface area (Å²) in [6, 6.07) is 24.6. The molecule has 47 heavy (non-hydrogen) atoms. The molecule has 0 amide bonds. The van der Waals surface area contributed by atoms with E-state index in [9.17, 15) is 0 Å². The van der Waals surface area contributed by atoms with Crippen LogP contribution in [-0.4, -0.2) is 57.4 Å². The van der Waals surface area contributed by atoms with Crippen LogP contribution in [0.2, 0.25) is 0 Å². The first kappa shape index (κ1) is 35.7. The van der Waals surface area contributed by atoms with Gasteiger partial charge in [0, 0.05) is 56.9 Å². The van der Waals surface area contributed by atoms with E-state index >= 15 is 0 Å². The number of rotatable bonds is 12. The quantitative estimate of drug-likeness (QED) is 0.146. The van der Waals surface area contributed by atoms with Crippen LogP contribution >= 0.6 is 0 Å². The Morgan fingerprint density at radius 1 is 0.872 bits per heavy atom. The second kappa shape index (κ2) is 16.6.